The van der Waals surface area contributed by atoms with Crippen LogP contribution in [0.2, 0.25) is 0 Å². The number of hydrogen-bond acceptors (Lipinski definition) is 1. The van der Waals surface area contributed by atoms with E-state index in [9.17, 15) is 0 Å². The predicted molar refractivity (Wildman–Crippen MR) is 81.0 cm³/mol. The maximum atomic E-state index is 6.36. The molecule has 1 nitrogen and oxygen atoms in total. The van der Waals surface area contributed by atoms with Crippen molar-refractivity contribution in [3.8, 4) is 0 Å². The Morgan fingerprint density at radius 2 is 1.67 bits per heavy atom. The van der Waals surface area contributed by atoms with Crippen LogP contribution >= 0.6 is 18.7 Å². The number of benzene rings is 1. The topological polar surface area (TPSA) is 9.23 Å². The largest absolute Gasteiger partial charge is 0.335 e. The van der Waals surface area contributed by atoms with Crippen LogP contribution in [0.25, 0.3) is 0 Å². The molecule has 1 aliphatic heterocycles. The average molecular weight is 285 g/mol. The molecule has 0 aliphatic carbocycles. The van der Waals surface area contributed by atoms with Crippen molar-refractivity contribution in [2.45, 2.75) is 59.0 Å². The van der Waals surface area contributed by atoms with Crippen LogP contribution in [0, 0.1) is 0 Å². The molecule has 2 rings (SSSR count). The molecule has 18 heavy (non-hydrogen) atoms. The molecule has 1 heterocycles. The summed E-state index contributed by atoms with van der Waals surface area (Å²) in [6, 6.07) is 4.60. The van der Waals surface area contributed by atoms with Crippen molar-refractivity contribution < 1.29 is 4.52 Å². The molecule has 0 bridgehead atoms. The van der Waals surface area contributed by atoms with Crippen LogP contribution in [0.15, 0.2) is 12.1 Å². The fourth-order valence-corrected chi connectivity index (χ4v) is 4.28. The van der Waals surface area contributed by atoms with E-state index in [0.29, 0.717) is 6.61 Å². The number of halogens is 1. The molecular formula is C15H22ClOP. The van der Waals surface area contributed by atoms with Gasteiger partial charge in [-0.2, -0.15) is 0 Å². The summed E-state index contributed by atoms with van der Waals surface area (Å²) < 4.78 is 5.66. The lowest BCUT2D eigenvalue weighted by atomic mass is 9.79. The molecule has 100 valence electrons. The zero-order valence-corrected chi connectivity index (χ0v) is 13.7. The van der Waals surface area contributed by atoms with E-state index in [1.165, 1.54) is 22.0 Å². The highest BCUT2D eigenvalue weighted by Gasteiger charge is 2.32. The van der Waals surface area contributed by atoms with Gasteiger partial charge in [0.1, 0.15) is 0 Å². The molecule has 0 saturated heterocycles. The van der Waals surface area contributed by atoms with Crippen LogP contribution in [-0.2, 0) is 22.0 Å². The van der Waals surface area contributed by atoms with Gasteiger partial charge in [0, 0.05) is 5.30 Å². The molecule has 0 fully saturated rings. The molecule has 1 aromatic carbocycles. The first-order chi connectivity index (χ1) is 8.10. The number of hydrogen-bond donors (Lipinski definition) is 0. The van der Waals surface area contributed by atoms with Crippen molar-refractivity contribution in [2.24, 2.45) is 0 Å². The van der Waals surface area contributed by atoms with Crippen molar-refractivity contribution in [2.75, 3.05) is 0 Å². The van der Waals surface area contributed by atoms with Gasteiger partial charge in [0.15, 0.2) is 7.50 Å². The molecule has 3 heteroatoms. The molecule has 0 aromatic heterocycles. The van der Waals surface area contributed by atoms with Crippen molar-refractivity contribution in [3.63, 3.8) is 0 Å². The van der Waals surface area contributed by atoms with E-state index in [1.54, 1.807) is 0 Å². The third-order valence-corrected chi connectivity index (χ3v) is 5.41. The molecule has 0 saturated carbocycles. The number of fused-ring (bicyclic) bond motifs is 1. The first-order valence-corrected chi connectivity index (χ1v) is 8.54. The second-order valence-corrected chi connectivity index (χ2v) is 9.17. The smallest absolute Gasteiger partial charge is 0.158 e. The molecule has 1 atom stereocenters. The van der Waals surface area contributed by atoms with E-state index < -0.39 is 7.50 Å². The minimum absolute atomic E-state index is 0.106. The maximum absolute atomic E-state index is 6.36. The Morgan fingerprint density at radius 1 is 1.06 bits per heavy atom. The van der Waals surface area contributed by atoms with Crippen molar-refractivity contribution in [3.05, 3.63) is 28.8 Å². The van der Waals surface area contributed by atoms with Gasteiger partial charge in [-0.15, -0.1) is 0 Å². The van der Waals surface area contributed by atoms with Crippen molar-refractivity contribution in [1.29, 1.82) is 0 Å². The Kier molecular flexibility index (Phi) is 3.56. The summed E-state index contributed by atoms with van der Waals surface area (Å²) in [5.41, 5.74) is 4.27. The van der Waals surface area contributed by atoms with Crippen LogP contribution in [0.5, 0.6) is 0 Å². The summed E-state index contributed by atoms with van der Waals surface area (Å²) in [6.07, 6.45) is 0. The van der Waals surface area contributed by atoms with Crippen LogP contribution in [0.4, 0.5) is 0 Å². The average Bonchev–Trinajstić information content (AvgIpc) is 2.56. The zero-order chi connectivity index (χ0) is 13.7. The highest BCUT2D eigenvalue weighted by atomic mass is 35.7. The summed E-state index contributed by atoms with van der Waals surface area (Å²) >= 11 is 6.36. The van der Waals surface area contributed by atoms with Crippen LogP contribution in [0.3, 0.4) is 0 Å². The third-order valence-electron chi connectivity index (χ3n) is 3.37. The van der Waals surface area contributed by atoms with Crippen LogP contribution < -0.4 is 5.30 Å². The SMILES string of the molecule is CC(C)(C)c1cc2c(c(C(C)(C)C)c1)P(Cl)OC2. The standard InChI is InChI=1S/C15H22ClOP/c1-14(2,3)11-7-10-9-17-18(16)13(10)12(8-11)15(4,5)6/h7-8H,9H2,1-6H3. The predicted octanol–water partition coefficient (Wildman–Crippen LogP) is 4.99. The lowest BCUT2D eigenvalue weighted by molar-refractivity contribution is 0.366. The van der Waals surface area contributed by atoms with E-state index in [-0.39, 0.29) is 10.8 Å². The van der Waals surface area contributed by atoms with Gasteiger partial charge in [-0.05, 0) is 27.5 Å². The van der Waals surface area contributed by atoms with Crippen molar-refractivity contribution in [1.82, 2.24) is 0 Å². The molecule has 0 spiro atoms. The van der Waals surface area contributed by atoms with Crippen LogP contribution in [-0.4, -0.2) is 0 Å². The highest BCUT2D eigenvalue weighted by Crippen LogP contribution is 2.51. The first kappa shape index (κ1) is 14.3. The fourth-order valence-electron chi connectivity index (χ4n) is 2.21. The van der Waals surface area contributed by atoms with Gasteiger partial charge >= 0.3 is 0 Å². The van der Waals surface area contributed by atoms with E-state index in [2.05, 4.69) is 53.7 Å². The van der Waals surface area contributed by atoms with Gasteiger partial charge in [0.05, 0.1) is 6.61 Å². The highest BCUT2D eigenvalue weighted by molar-refractivity contribution is 7.86. The Balaban J connectivity index is 2.67. The van der Waals surface area contributed by atoms with Gasteiger partial charge in [0.2, 0.25) is 0 Å². The quantitative estimate of drug-likeness (QED) is 0.610. The van der Waals surface area contributed by atoms with Crippen molar-refractivity contribution >= 4 is 24.0 Å². The van der Waals surface area contributed by atoms with E-state index in [4.69, 9.17) is 15.8 Å². The summed E-state index contributed by atoms with van der Waals surface area (Å²) in [5.74, 6) is 0. The molecule has 0 radical (unpaired) electrons. The molecule has 0 N–H and O–H groups in total. The Hall–Kier alpha value is -0.100. The monoisotopic (exact) mass is 284 g/mol. The van der Waals surface area contributed by atoms with Gasteiger partial charge in [-0.3, -0.25) is 0 Å². The number of rotatable bonds is 0. The van der Waals surface area contributed by atoms with Crippen LogP contribution in [0.1, 0.15) is 58.2 Å². The van der Waals surface area contributed by atoms with Gasteiger partial charge in [-0.25, -0.2) is 0 Å². The molecule has 0 amide bonds. The second kappa shape index (κ2) is 4.47. The minimum Gasteiger partial charge on any atom is -0.335 e. The molecule has 1 aromatic rings. The molecule has 1 aliphatic rings. The van der Waals surface area contributed by atoms with Gasteiger partial charge < -0.3 is 4.52 Å². The summed E-state index contributed by atoms with van der Waals surface area (Å²) in [7, 11) is -0.942. The summed E-state index contributed by atoms with van der Waals surface area (Å²) in [5, 5.41) is 1.26. The minimum atomic E-state index is -0.942. The third kappa shape index (κ3) is 2.59. The second-order valence-electron chi connectivity index (χ2n) is 7.05. The Bertz CT molecular complexity index is 469. The lowest BCUT2D eigenvalue weighted by Gasteiger charge is -2.27. The Morgan fingerprint density at radius 3 is 2.17 bits per heavy atom. The zero-order valence-electron chi connectivity index (χ0n) is 12.1. The van der Waals surface area contributed by atoms with E-state index >= 15 is 0 Å². The van der Waals surface area contributed by atoms with Gasteiger partial charge in [-0.1, -0.05) is 64.9 Å². The summed E-state index contributed by atoms with van der Waals surface area (Å²) in [6.45, 7) is 14.1. The maximum Gasteiger partial charge on any atom is 0.158 e. The first-order valence-electron chi connectivity index (χ1n) is 6.37. The Labute approximate surface area is 117 Å². The molecular weight excluding hydrogens is 263 g/mol. The summed E-state index contributed by atoms with van der Waals surface area (Å²) in [4.78, 5) is 0. The fraction of sp³-hybridized carbons (Fsp3) is 0.600. The normalized spacial score (nSPS) is 20.1. The molecule has 1 unspecified atom stereocenters. The van der Waals surface area contributed by atoms with E-state index in [0.717, 1.165) is 0 Å². The van der Waals surface area contributed by atoms with Gasteiger partial charge in [0.25, 0.3) is 0 Å². The lowest BCUT2D eigenvalue weighted by Crippen LogP contribution is -2.24. The van der Waals surface area contributed by atoms with E-state index in [1.807, 2.05) is 0 Å².